The Morgan fingerprint density at radius 3 is 2.45 bits per heavy atom. The molecule has 6 heteroatoms. The van der Waals surface area contributed by atoms with Gasteiger partial charge in [-0.05, 0) is 38.8 Å². The Balaban J connectivity index is 1.67. The molecular formula is C14H23N3O3. The van der Waals surface area contributed by atoms with Crippen LogP contribution in [-0.4, -0.2) is 67.2 Å². The van der Waals surface area contributed by atoms with E-state index in [0.29, 0.717) is 12.6 Å². The van der Waals surface area contributed by atoms with Crippen molar-refractivity contribution < 1.29 is 14.4 Å². The fourth-order valence-electron chi connectivity index (χ4n) is 2.36. The van der Waals surface area contributed by atoms with Gasteiger partial charge in [-0.3, -0.25) is 14.5 Å². The average Bonchev–Trinajstić information content (AvgIpc) is 3.23. The maximum atomic E-state index is 12.0. The fourth-order valence-corrected chi connectivity index (χ4v) is 2.36. The first-order chi connectivity index (χ1) is 9.58. The molecule has 2 fully saturated rings. The van der Waals surface area contributed by atoms with E-state index in [1.165, 1.54) is 4.90 Å². The van der Waals surface area contributed by atoms with Crippen LogP contribution in [0.2, 0.25) is 0 Å². The van der Waals surface area contributed by atoms with Crippen LogP contribution in [0.15, 0.2) is 0 Å². The summed E-state index contributed by atoms with van der Waals surface area (Å²) >= 11 is 0. The van der Waals surface area contributed by atoms with Gasteiger partial charge < -0.3 is 15.0 Å². The minimum atomic E-state index is -0.0805. The van der Waals surface area contributed by atoms with Crippen LogP contribution in [0.4, 0.5) is 0 Å². The molecule has 0 aromatic rings. The molecule has 2 amide bonds. The lowest BCUT2D eigenvalue weighted by molar-refractivity contribution is -0.136. The summed E-state index contributed by atoms with van der Waals surface area (Å²) in [7, 11) is 1.66. The first-order valence-corrected chi connectivity index (χ1v) is 7.29. The van der Waals surface area contributed by atoms with Crippen molar-refractivity contribution in [2.75, 3.05) is 33.2 Å². The number of amides is 2. The van der Waals surface area contributed by atoms with Crippen molar-refractivity contribution in [2.24, 2.45) is 5.92 Å². The Hall–Kier alpha value is -1.43. The van der Waals surface area contributed by atoms with Gasteiger partial charge in [0.1, 0.15) is 6.29 Å². The third kappa shape index (κ3) is 4.59. The molecule has 2 rings (SSSR count). The number of carbonyl (C=O) groups excluding carboxylic acids is 3. The SMILES string of the molecule is CN(CC(=O)NC1CC1)C(=O)CN1CCC(C=O)CC1. The second-order valence-electron chi connectivity index (χ2n) is 5.84. The van der Waals surface area contributed by atoms with Crippen molar-refractivity contribution in [3.05, 3.63) is 0 Å². The van der Waals surface area contributed by atoms with Gasteiger partial charge >= 0.3 is 0 Å². The third-order valence-electron chi connectivity index (χ3n) is 3.93. The molecule has 2 aliphatic rings. The minimum Gasteiger partial charge on any atom is -0.352 e. The lowest BCUT2D eigenvalue weighted by Gasteiger charge is -2.30. The molecule has 0 aromatic heterocycles. The molecule has 1 heterocycles. The second-order valence-corrected chi connectivity index (χ2v) is 5.84. The minimum absolute atomic E-state index is 0.0412. The quantitative estimate of drug-likeness (QED) is 0.675. The zero-order valence-electron chi connectivity index (χ0n) is 12.0. The molecule has 0 unspecified atom stereocenters. The first-order valence-electron chi connectivity index (χ1n) is 7.29. The molecule has 0 atom stereocenters. The smallest absolute Gasteiger partial charge is 0.239 e. The summed E-state index contributed by atoms with van der Waals surface area (Å²) in [5.74, 6) is 0.0203. The number of nitrogens with one attached hydrogen (secondary N) is 1. The van der Waals surface area contributed by atoms with E-state index >= 15 is 0 Å². The number of piperidine rings is 1. The Kier molecular flexibility index (Phi) is 5.11. The molecular weight excluding hydrogens is 258 g/mol. The molecule has 112 valence electrons. The van der Waals surface area contributed by atoms with Gasteiger partial charge in [-0.15, -0.1) is 0 Å². The number of carbonyl (C=O) groups is 3. The standard InChI is InChI=1S/C14H23N3O3/c1-16(8-13(19)15-12-2-3-12)14(20)9-17-6-4-11(10-18)5-7-17/h10-12H,2-9H2,1H3,(H,15,19). The number of aldehydes is 1. The van der Waals surface area contributed by atoms with Crippen LogP contribution < -0.4 is 5.32 Å². The summed E-state index contributed by atoms with van der Waals surface area (Å²) in [5.41, 5.74) is 0. The van der Waals surface area contributed by atoms with E-state index in [4.69, 9.17) is 0 Å². The van der Waals surface area contributed by atoms with E-state index in [1.54, 1.807) is 7.05 Å². The zero-order valence-corrected chi connectivity index (χ0v) is 12.0. The van der Waals surface area contributed by atoms with Gasteiger partial charge in [0.05, 0.1) is 13.1 Å². The Morgan fingerprint density at radius 1 is 1.25 bits per heavy atom. The third-order valence-corrected chi connectivity index (χ3v) is 3.93. The molecule has 0 radical (unpaired) electrons. The van der Waals surface area contributed by atoms with Crippen molar-refractivity contribution in [2.45, 2.75) is 31.7 Å². The predicted molar refractivity (Wildman–Crippen MR) is 74.0 cm³/mol. The van der Waals surface area contributed by atoms with Crippen LogP contribution in [0.5, 0.6) is 0 Å². The number of hydrogen-bond donors (Lipinski definition) is 1. The van der Waals surface area contributed by atoms with E-state index in [1.807, 2.05) is 0 Å². The van der Waals surface area contributed by atoms with E-state index in [-0.39, 0.29) is 24.3 Å². The zero-order chi connectivity index (χ0) is 14.5. The number of rotatable bonds is 6. The van der Waals surface area contributed by atoms with Gasteiger partial charge in [0, 0.05) is 19.0 Å². The normalized spacial score (nSPS) is 20.4. The lowest BCUT2D eigenvalue weighted by atomic mass is 9.99. The van der Waals surface area contributed by atoms with Crippen molar-refractivity contribution >= 4 is 18.1 Å². The van der Waals surface area contributed by atoms with Crippen LogP contribution in [0.3, 0.4) is 0 Å². The van der Waals surface area contributed by atoms with Gasteiger partial charge in [0.25, 0.3) is 0 Å². The lowest BCUT2D eigenvalue weighted by Crippen LogP contribution is -2.45. The number of likely N-dealkylation sites (tertiary alicyclic amines) is 1. The molecule has 1 aliphatic carbocycles. The molecule has 1 saturated carbocycles. The van der Waals surface area contributed by atoms with Crippen LogP contribution in [0.25, 0.3) is 0 Å². The summed E-state index contributed by atoms with van der Waals surface area (Å²) in [6.45, 7) is 2.01. The monoisotopic (exact) mass is 281 g/mol. The fraction of sp³-hybridized carbons (Fsp3) is 0.786. The summed E-state index contributed by atoms with van der Waals surface area (Å²) in [6.07, 6.45) is 4.75. The summed E-state index contributed by atoms with van der Waals surface area (Å²) in [5, 5.41) is 2.87. The highest BCUT2D eigenvalue weighted by molar-refractivity contribution is 5.85. The van der Waals surface area contributed by atoms with Crippen molar-refractivity contribution in [3.8, 4) is 0 Å². The molecule has 0 spiro atoms. The van der Waals surface area contributed by atoms with E-state index in [9.17, 15) is 14.4 Å². The predicted octanol–water partition coefficient (Wildman–Crippen LogP) is -0.366. The largest absolute Gasteiger partial charge is 0.352 e. The Labute approximate surface area is 119 Å². The molecule has 0 bridgehead atoms. The molecule has 20 heavy (non-hydrogen) atoms. The van der Waals surface area contributed by atoms with Crippen molar-refractivity contribution in [1.82, 2.24) is 15.1 Å². The maximum absolute atomic E-state index is 12.0. The maximum Gasteiger partial charge on any atom is 0.239 e. The highest BCUT2D eigenvalue weighted by Crippen LogP contribution is 2.18. The second kappa shape index (κ2) is 6.83. The van der Waals surface area contributed by atoms with Gasteiger partial charge in [-0.1, -0.05) is 0 Å². The van der Waals surface area contributed by atoms with Gasteiger partial charge in [0.2, 0.25) is 11.8 Å². The summed E-state index contributed by atoms with van der Waals surface area (Å²) in [4.78, 5) is 37.9. The van der Waals surface area contributed by atoms with Gasteiger partial charge in [0.15, 0.2) is 0 Å². The first kappa shape index (κ1) is 15.0. The van der Waals surface area contributed by atoms with Crippen molar-refractivity contribution in [3.63, 3.8) is 0 Å². The number of likely N-dealkylation sites (N-methyl/N-ethyl adjacent to an activating group) is 1. The molecule has 1 aliphatic heterocycles. The number of hydrogen-bond acceptors (Lipinski definition) is 4. The highest BCUT2D eigenvalue weighted by Gasteiger charge is 2.25. The Bertz CT molecular complexity index is 374. The molecule has 1 N–H and O–H groups in total. The highest BCUT2D eigenvalue weighted by atomic mass is 16.2. The van der Waals surface area contributed by atoms with Crippen LogP contribution in [0, 0.1) is 5.92 Å². The van der Waals surface area contributed by atoms with Crippen LogP contribution in [0.1, 0.15) is 25.7 Å². The topological polar surface area (TPSA) is 69.7 Å². The van der Waals surface area contributed by atoms with Crippen LogP contribution in [-0.2, 0) is 14.4 Å². The van der Waals surface area contributed by atoms with E-state index in [2.05, 4.69) is 10.2 Å². The van der Waals surface area contributed by atoms with Crippen LogP contribution >= 0.6 is 0 Å². The molecule has 6 nitrogen and oxygen atoms in total. The average molecular weight is 281 g/mol. The summed E-state index contributed by atoms with van der Waals surface area (Å²) in [6, 6.07) is 0.327. The van der Waals surface area contributed by atoms with Gasteiger partial charge in [-0.25, -0.2) is 0 Å². The summed E-state index contributed by atoms with van der Waals surface area (Å²) < 4.78 is 0. The van der Waals surface area contributed by atoms with Gasteiger partial charge in [-0.2, -0.15) is 0 Å². The van der Waals surface area contributed by atoms with E-state index < -0.39 is 0 Å². The Morgan fingerprint density at radius 2 is 1.90 bits per heavy atom. The van der Waals surface area contributed by atoms with Crippen molar-refractivity contribution in [1.29, 1.82) is 0 Å². The number of nitrogens with zero attached hydrogens (tertiary/aromatic N) is 2. The molecule has 1 saturated heterocycles. The molecule has 0 aromatic carbocycles. The van der Waals surface area contributed by atoms with E-state index in [0.717, 1.165) is 45.1 Å².